The minimum absolute atomic E-state index is 0. The van der Waals surface area contributed by atoms with Crippen LogP contribution in [0.25, 0.3) is 11.2 Å². The molecule has 30 heavy (non-hydrogen) atoms. The van der Waals surface area contributed by atoms with Crippen molar-refractivity contribution in [2.24, 2.45) is 0 Å². The van der Waals surface area contributed by atoms with Gasteiger partial charge in [0, 0.05) is 0 Å². The number of nitrogens with one attached hydrogen (secondary N) is 1. The third-order valence-electron chi connectivity index (χ3n) is 3.93. The average molecular weight is 437 g/mol. The molecule has 3 N–H and O–H groups in total. The third-order valence-corrected chi connectivity index (χ3v) is 4.74. The van der Waals surface area contributed by atoms with Crippen LogP contribution in [0.4, 0.5) is 5.82 Å². The fourth-order valence-corrected chi connectivity index (χ4v) is 3.31. The van der Waals surface area contributed by atoms with Crippen molar-refractivity contribution in [3.8, 4) is 6.01 Å². The first-order chi connectivity index (χ1) is 13.8. The summed E-state index contributed by atoms with van der Waals surface area (Å²) in [7, 11) is -0.930. The number of benzene rings is 1. The number of hydrogen-bond donors (Lipinski definition) is 2. The van der Waals surface area contributed by atoms with Crippen molar-refractivity contribution in [2.75, 3.05) is 39.1 Å². The van der Waals surface area contributed by atoms with Crippen molar-refractivity contribution in [1.82, 2.24) is 19.5 Å². The summed E-state index contributed by atoms with van der Waals surface area (Å²) in [5, 5.41) is 0. The predicted molar refractivity (Wildman–Crippen MR) is 122 cm³/mol. The zero-order valence-corrected chi connectivity index (χ0v) is 18.3. The fourth-order valence-electron chi connectivity index (χ4n) is 2.76. The quantitative estimate of drug-likeness (QED) is 0.541. The van der Waals surface area contributed by atoms with Crippen molar-refractivity contribution in [1.29, 1.82) is 0 Å². The molecule has 0 aliphatic heterocycles. The van der Waals surface area contributed by atoms with E-state index >= 15 is 0 Å². The van der Waals surface area contributed by atoms with Crippen molar-refractivity contribution in [3.05, 3.63) is 46.4 Å². The number of fused-ring (bicyclic) bond motifs is 1. The second kappa shape index (κ2) is 10.9. The summed E-state index contributed by atoms with van der Waals surface area (Å²) in [4.78, 5) is 23.7. The zero-order chi connectivity index (χ0) is 21.6. The van der Waals surface area contributed by atoms with Gasteiger partial charge in [-0.2, -0.15) is 9.97 Å². The van der Waals surface area contributed by atoms with Gasteiger partial charge in [-0.25, -0.2) is 4.79 Å². The van der Waals surface area contributed by atoms with Crippen molar-refractivity contribution in [2.45, 2.75) is 27.3 Å². The molecule has 0 amide bonds. The molecule has 0 saturated heterocycles. The van der Waals surface area contributed by atoms with Crippen LogP contribution >= 0.6 is 7.14 Å². The number of rotatable bonds is 7. The highest BCUT2D eigenvalue weighted by molar-refractivity contribution is 7.62. The Morgan fingerprint density at radius 2 is 1.83 bits per heavy atom. The molecular weight excluding hydrogens is 405 g/mol. The van der Waals surface area contributed by atoms with E-state index in [0.29, 0.717) is 11.2 Å². The van der Waals surface area contributed by atoms with Gasteiger partial charge in [0.25, 0.3) is 0 Å². The van der Waals surface area contributed by atoms with Gasteiger partial charge in [0.15, 0.2) is 11.5 Å². The van der Waals surface area contributed by atoms with Gasteiger partial charge in [-0.3, -0.25) is 4.57 Å². The van der Waals surface area contributed by atoms with E-state index in [2.05, 4.69) is 15.0 Å². The van der Waals surface area contributed by atoms with E-state index in [4.69, 9.17) is 15.2 Å². The molecule has 2 aromatic heterocycles. The molecule has 0 fully saturated rings. The van der Waals surface area contributed by atoms with Crippen molar-refractivity contribution < 1.29 is 14.0 Å². The molecule has 3 rings (SSSR count). The molecule has 1 aromatic carbocycles. The Balaban J connectivity index is 0.00000146. The number of nitrogen functional groups attached to an aromatic ring is 1. The van der Waals surface area contributed by atoms with Crippen LogP contribution in [0.5, 0.6) is 6.01 Å². The maximum Gasteiger partial charge on any atom is 0.328 e. The molecular formula is C20H32N5O4P. The number of ether oxygens (including phenoxy) is 2. The highest BCUT2D eigenvalue weighted by Crippen LogP contribution is 2.36. The third kappa shape index (κ3) is 5.93. The molecule has 0 bridgehead atoms. The summed E-state index contributed by atoms with van der Waals surface area (Å²) in [5.74, 6) is 0.118. The minimum Gasteiger partial charge on any atom is -0.467 e. The number of methoxy groups -OCH3 is 1. The summed E-state index contributed by atoms with van der Waals surface area (Å²) in [6.07, 6.45) is 0.119. The lowest BCUT2D eigenvalue weighted by atomic mass is 10.1. The van der Waals surface area contributed by atoms with Crippen molar-refractivity contribution in [3.63, 3.8) is 0 Å². The first-order valence-electron chi connectivity index (χ1n) is 9.28. The Hall–Kier alpha value is -2.64. The second-order valence-electron chi connectivity index (χ2n) is 6.59. The van der Waals surface area contributed by atoms with Gasteiger partial charge in [-0.1, -0.05) is 51.6 Å². The number of anilines is 1. The molecule has 3 aromatic rings. The number of nitrogens with two attached hydrogens (primary N) is 1. The fraction of sp³-hybridized carbons (Fsp3) is 0.450. The van der Waals surface area contributed by atoms with Gasteiger partial charge in [0.1, 0.15) is 12.7 Å². The van der Waals surface area contributed by atoms with Crippen LogP contribution in [0.2, 0.25) is 0 Å². The molecule has 1 atom stereocenters. The van der Waals surface area contributed by atoms with E-state index in [1.807, 2.05) is 44.2 Å². The van der Waals surface area contributed by atoms with Gasteiger partial charge < -0.3 is 24.8 Å². The number of aromatic nitrogens is 4. The molecule has 0 aliphatic rings. The van der Waals surface area contributed by atoms with E-state index < -0.39 is 18.9 Å². The standard InChI is InChI=1S/C17H22N5O4P.C2H6.CH4/c1-25-16-20-14(18)13-15(21-16)22(17(23)19-13)12(9-26-10-27(2,3)24)11-7-5-4-6-8-11;1-2;/h4-8,12H,9-10H2,1-3H3,(H,19,23)(H2,18,20,21);1-2H3;1H4. The monoisotopic (exact) mass is 437 g/mol. The van der Waals surface area contributed by atoms with E-state index in [1.165, 1.54) is 11.7 Å². The Morgan fingerprint density at radius 1 is 1.20 bits per heavy atom. The Kier molecular flexibility index (Phi) is 9.26. The Bertz CT molecular complexity index is 1040. The maximum absolute atomic E-state index is 12.7. The summed E-state index contributed by atoms with van der Waals surface area (Å²) in [5.41, 5.74) is 7.03. The average Bonchev–Trinajstić information content (AvgIpc) is 3.03. The van der Waals surface area contributed by atoms with E-state index in [9.17, 15) is 9.36 Å². The molecule has 10 heteroatoms. The molecule has 9 nitrogen and oxygen atoms in total. The summed E-state index contributed by atoms with van der Waals surface area (Å²) in [6, 6.07) is 8.98. The smallest absolute Gasteiger partial charge is 0.328 e. The second-order valence-corrected chi connectivity index (χ2v) is 10.0. The lowest BCUT2D eigenvalue weighted by Gasteiger charge is -2.20. The van der Waals surface area contributed by atoms with Gasteiger partial charge in [-0.15, -0.1) is 0 Å². The Morgan fingerprint density at radius 3 is 2.40 bits per heavy atom. The topological polar surface area (TPSA) is 125 Å². The lowest BCUT2D eigenvalue weighted by Crippen LogP contribution is -2.27. The number of aromatic amines is 1. The highest BCUT2D eigenvalue weighted by atomic mass is 31.2. The van der Waals surface area contributed by atoms with Crippen LogP contribution in [0, 0.1) is 0 Å². The van der Waals surface area contributed by atoms with Crippen molar-refractivity contribution >= 4 is 24.1 Å². The van der Waals surface area contributed by atoms with Crippen LogP contribution in [0.1, 0.15) is 32.9 Å². The molecule has 2 heterocycles. The predicted octanol–water partition coefficient (Wildman–Crippen LogP) is 3.56. The molecule has 0 aliphatic carbocycles. The number of hydrogen-bond acceptors (Lipinski definition) is 7. The summed E-state index contributed by atoms with van der Waals surface area (Å²) in [6.45, 7) is 7.46. The first kappa shape index (κ1) is 25.4. The molecule has 0 spiro atoms. The molecule has 0 saturated carbocycles. The lowest BCUT2D eigenvalue weighted by molar-refractivity contribution is 0.150. The summed E-state index contributed by atoms with van der Waals surface area (Å²) < 4.78 is 24.2. The van der Waals surface area contributed by atoms with Crippen LogP contribution in [-0.2, 0) is 9.30 Å². The minimum atomic E-state index is -2.35. The molecule has 0 radical (unpaired) electrons. The summed E-state index contributed by atoms with van der Waals surface area (Å²) >= 11 is 0. The van der Waals surface area contributed by atoms with E-state index in [-0.39, 0.29) is 32.2 Å². The Labute approximate surface area is 177 Å². The van der Waals surface area contributed by atoms with E-state index in [1.54, 1.807) is 13.3 Å². The van der Waals surface area contributed by atoms with Crippen LogP contribution in [0.3, 0.4) is 0 Å². The zero-order valence-electron chi connectivity index (χ0n) is 17.4. The number of H-pyrrole nitrogens is 1. The number of imidazole rings is 1. The van der Waals surface area contributed by atoms with Crippen LogP contribution in [-0.4, -0.2) is 52.9 Å². The van der Waals surface area contributed by atoms with E-state index in [0.717, 1.165) is 5.56 Å². The SMILES string of the molecule is C.CC.COc1nc(N)c2[nH]c(=O)n(C(COCP(C)(C)=O)c3ccccc3)c2n1. The van der Waals surface area contributed by atoms with Gasteiger partial charge >= 0.3 is 11.7 Å². The van der Waals surface area contributed by atoms with Gasteiger partial charge in [0.2, 0.25) is 0 Å². The van der Waals surface area contributed by atoms with Crippen LogP contribution in [0.15, 0.2) is 35.1 Å². The number of nitrogens with zero attached hydrogens (tertiary/aromatic N) is 3. The normalized spacial score (nSPS) is 11.9. The molecule has 1 unspecified atom stereocenters. The first-order valence-corrected chi connectivity index (χ1v) is 12.1. The highest BCUT2D eigenvalue weighted by Gasteiger charge is 2.23. The maximum atomic E-state index is 12.7. The van der Waals surface area contributed by atoms with Gasteiger partial charge in [0.05, 0.1) is 26.1 Å². The van der Waals surface area contributed by atoms with Crippen LogP contribution < -0.4 is 16.2 Å². The van der Waals surface area contributed by atoms with Gasteiger partial charge in [-0.05, 0) is 18.9 Å². The largest absolute Gasteiger partial charge is 0.467 e. The molecule has 166 valence electrons.